The highest BCUT2D eigenvalue weighted by Crippen LogP contribution is 2.42. The molecule has 1 heterocycles. The third kappa shape index (κ3) is 4.57. The van der Waals surface area contributed by atoms with Crippen LogP contribution in [0.15, 0.2) is 42.5 Å². The Balaban J connectivity index is 1.88. The van der Waals surface area contributed by atoms with Crippen molar-refractivity contribution in [3.05, 3.63) is 48.0 Å². The summed E-state index contributed by atoms with van der Waals surface area (Å²) in [5.41, 5.74) is 0.230. The van der Waals surface area contributed by atoms with Gasteiger partial charge < -0.3 is 14.2 Å². The second-order valence-corrected chi connectivity index (χ2v) is 8.87. The van der Waals surface area contributed by atoms with Crippen molar-refractivity contribution in [3.8, 4) is 17.2 Å². The fraction of sp³-hybridized carbons (Fsp3) is 0.300. The minimum Gasteiger partial charge on any atom is -0.495 e. The number of hydrogen-bond acceptors (Lipinski definition) is 7. The summed E-state index contributed by atoms with van der Waals surface area (Å²) in [5.74, 6) is 0.588. The van der Waals surface area contributed by atoms with Gasteiger partial charge in [0, 0.05) is 19.0 Å². The van der Waals surface area contributed by atoms with Crippen molar-refractivity contribution in [3.63, 3.8) is 0 Å². The summed E-state index contributed by atoms with van der Waals surface area (Å²) in [6.07, 6.45) is -0.495. The lowest BCUT2D eigenvalue weighted by molar-refractivity contribution is 0.130. The molecule has 0 atom stereocenters. The topological polar surface area (TPSA) is 128 Å². The van der Waals surface area contributed by atoms with Gasteiger partial charge in [-0.15, -0.1) is 0 Å². The summed E-state index contributed by atoms with van der Waals surface area (Å²) in [4.78, 5) is 26.1. The molecule has 3 rings (SSSR count). The Morgan fingerprint density at radius 1 is 1.10 bits per heavy atom. The number of ether oxygens (including phenoxy) is 3. The summed E-state index contributed by atoms with van der Waals surface area (Å²) < 4.78 is 40.9. The zero-order chi connectivity index (χ0) is 23.0. The molecule has 1 aliphatic heterocycles. The first kappa shape index (κ1) is 22.4. The Labute approximate surface area is 180 Å². The van der Waals surface area contributed by atoms with Gasteiger partial charge in [-0.2, -0.15) is 12.7 Å². The van der Waals surface area contributed by atoms with E-state index >= 15 is 0 Å². The van der Waals surface area contributed by atoms with Crippen LogP contribution in [-0.4, -0.2) is 45.2 Å². The molecule has 0 aromatic heterocycles. The first-order valence-corrected chi connectivity index (χ1v) is 10.7. The number of carbonyl (C=O) groups is 2. The highest BCUT2D eigenvalue weighted by atomic mass is 32.2. The van der Waals surface area contributed by atoms with Crippen LogP contribution in [0.5, 0.6) is 17.2 Å². The Kier molecular flexibility index (Phi) is 5.83. The van der Waals surface area contributed by atoms with Crippen LogP contribution in [0.4, 0.5) is 15.3 Å². The van der Waals surface area contributed by atoms with Crippen LogP contribution in [0.25, 0.3) is 0 Å². The molecule has 31 heavy (non-hydrogen) atoms. The number of imide groups is 1. The largest absolute Gasteiger partial charge is 0.495 e. The molecule has 11 heteroatoms. The van der Waals surface area contributed by atoms with E-state index in [1.54, 1.807) is 12.1 Å². The van der Waals surface area contributed by atoms with E-state index < -0.39 is 27.9 Å². The molecule has 0 saturated carbocycles. The van der Waals surface area contributed by atoms with Crippen molar-refractivity contribution in [2.24, 2.45) is 5.14 Å². The summed E-state index contributed by atoms with van der Waals surface area (Å²) in [6.45, 7) is 3.79. The number of anilines is 1. The molecular formula is C20H23N3O7S. The van der Waals surface area contributed by atoms with Gasteiger partial charge in [0.2, 0.25) is 0 Å². The van der Waals surface area contributed by atoms with E-state index in [0.717, 1.165) is 12.6 Å². The monoisotopic (exact) mass is 449 g/mol. The van der Waals surface area contributed by atoms with Crippen LogP contribution >= 0.6 is 0 Å². The van der Waals surface area contributed by atoms with E-state index in [9.17, 15) is 18.0 Å². The fourth-order valence-electron chi connectivity index (χ4n) is 3.19. The van der Waals surface area contributed by atoms with E-state index in [2.05, 4.69) is 0 Å². The number of nitrogens with zero attached hydrogens (tertiary/aromatic N) is 2. The lowest BCUT2D eigenvalue weighted by Crippen LogP contribution is -2.50. The van der Waals surface area contributed by atoms with Gasteiger partial charge in [-0.1, -0.05) is 24.3 Å². The summed E-state index contributed by atoms with van der Waals surface area (Å²) in [5, 5.41) is 5.25. The standard InChI is InChI=1S/C20H23N3O7S/c1-20(2)12-13-8-7-11-16(17(13)30-20)29-19(25)22(3)18(24)23(31(21,26)27)14-9-5-6-10-15(14)28-4/h5-11H,12H2,1-4H3,(H2,21,26,27). The van der Waals surface area contributed by atoms with Crippen LogP contribution in [0.3, 0.4) is 0 Å². The number of methoxy groups -OCH3 is 1. The fourth-order valence-corrected chi connectivity index (χ4v) is 3.96. The van der Waals surface area contributed by atoms with Gasteiger partial charge in [0.15, 0.2) is 11.5 Å². The first-order chi connectivity index (χ1) is 14.4. The van der Waals surface area contributed by atoms with Crippen molar-refractivity contribution in [2.75, 3.05) is 18.5 Å². The van der Waals surface area contributed by atoms with Crippen LogP contribution in [0, 0.1) is 0 Å². The van der Waals surface area contributed by atoms with Gasteiger partial charge in [0.1, 0.15) is 17.0 Å². The number of nitrogens with two attached hydrogens (primary N) is 1. The van der Waals surface area contributed by atoms with Crippen LogP contribution in [0.2, 0.25) is 0 Å². The molecule has 10 nitrogen and oxygen atoms in total. The Hall–Kier alpha value is -3.31. The maximum atomic E-state index is 12.9. The molecule has 0 aliphatic carbocycles. The van der Waals surface area contributed by atoms with Gasteiger partial charge in [0.25, 0.3) is 0 Å². The number of para-hydroxylation sites is 3. The minimum absolute atomic E-state index is 0.0724. The second-order valence-electron chi connectivity index (χ2n) is 7.47. The van der Waals surface area contributed by atoms with E-state index in [1.165, 1.54) is 31.4 Å². The smallest absolute Gasteiger partial charge is 0.423 e. The predicted molar refractivity (Wildman–Crippen MR) is 113 cm³/mol. The average Bonchev–Trinajstić information content (AvgIpc) is 3.01. The molecule has 0 unspecified atom stereocenters. The number of urea groups is 1. The van der Waals surface area contributed by atoms with Crippen LogP contribution in [0.1, 0.15) is 19.4 Å². The lowest BCUT2D eigenvalue weighted by Gasteiger charge is -2.25. The van der Waals surface area contributed by atoms with Gasteiger partial charge in [-0.3, -0.25) is 0 Å². The first-order valence-electron chi connectivity index (χ1n) is 9.21. The number of fused-ring (bicyclic) bond motifs is 1. The second kappa shape index (κ2) is 8.08. The Morgan fingerprint density at radius 3 is 2.39 bits per heavy atom. The van der Waals surface area contributed by atoms with Gasteiger partial charge in [-0.05, 0) is 32.0 Å². The molecule has 0 bridgehead atoms. The number of hydrogen-bond donors (Lipinski definition) is 1. The number of carbonyl (C=O) groups excluding carboxylic acids is 2. The van der Waals surface area contributed by atoms with Crippen LogP contribution in [-0.2, 0) is 16.6 Å². The zero-order valence-corrected chi connectivity index (χ0v) is 18.3. The normalized spacial score (nSPS) is 14.2. The molecule has 1 aliphatic rings. The predicted octanol–water partition coefficient (Wildman–Crippen LogP) is 2.67. The van der Waals surface area contributed by atoms with Crippen molar-refractivity contribution < 1.29 is 32.2 Å². The maximum absolute atomic E-state index is 12.9. The molecule has 0 spiro atoms. The number of benzene rings is 2. The lowest BCUT2D eigenvalue weighted by atomic mass is 10.0. The van der Waals surface area contributed by atoms with Gasteiger partial charge in [0.05, 0.1) is 7.11 Å². The van der Waals surface area contributed by atoms with Crippen molar-refractivity contribution >= 4 is 28.0 Å². The SMILES string of the molecule is COc1ccccc1N(C(=O)N(C)C(=O)Oc1cccc2c1OC(C)(C)C2)S(N)(=O)=O. The highest BCUT2D eigenvalue weighted by Gasteiger charge is 2.36. The zero-order valence-electron chi connectivity index (χ0n) is 17.5. The van der Waals surface area contributed by atoms with Crippen molar-refractivity contribution in [1.82, 2.24) is 4.90 Å². The average molecular weight is 449 g/mol. The molecule has 2 N–H and O–H groups in total. The number of amides is 3. The van der Waals surface area contributed by atoms with Gasteiger partial charge >= 0.3 is 22.3 Å². The van der Waals surface area contributed by atoms with E-state index in [4.69, 9.17) is 19.3 Å². The Bertz CT molecular complexity index is 1130. The van der Waals surface area contributed by atoms with Crippen molar-refractivity contribution in [2.45, 2.75) is 25.9 Å². The van der Waals surface area contributed by atoms with E-state index in [0.29, 0.717) is 17.1 Å². The number of rotatable bonds is 4. The third-order valence-corrected chi connectivity index (χ3v) is 5.41. The van der Waals surface area contributed by atoms with Crippen LogP contribution < -0.4 is 23.7 Å². The highest BCUT2D eigenvalue weighted by molar-refractivity contribution is 7.91. The summed E-state index contributed by atoms with van der Waals surface area (Å²) >= 11 is 0. The molecule has 0 fully saturated rings. The summed E-state index contributed by atoms with van der Waals surface area (Å²) in [7, 11) is -2.22. The minimum atomic E-state index is -4.60. The van der Waals surface area contributed by atoms with E-state index in [-0.39, 0.29) is 21.5 Å². The summed E-state index contributed by atoms with van der Waals surface area (Å²) in [6, 6.07) is 9.67. The molecular weight excluding hydrogens is 426 g/mol. The molecule has 2 aromatic rings. The molecule has 166 valence electrons. The molecule has 3 amide bonds. The molecule has 2 aromatic carbocycles. The van der Waals surface area contributed by atoms with Crippen molar-refractivity contribution in [1.29, 1.82) is 0 Å². The molecule has 0 saturated heterocycles. The molecule has 0 radical (unpaired) electrons. The third-order valence-electron chi connectivity index (χ3n) is 4.55. The van der Waals surface area contributed by atoms with Gasteiger partial charge in [-0.25, -0.2) is 19.6 Å². The quantitative estimate of drug-likeness (QED) is 0.760. The Morgan fingerprint density at radius 2 is 1.74 bits per heavy atom. The maximum Gasteiger partial charge on any atom is 0.423 e. The van der Waals surface area contributed by atoms with E-state index in [1.807, 2.05) is 19.9 Å².